The second kappa shape index (κ2) is 9.27. The zero-order chi connectivity index (χ0) is 21.0. The van der Waals surface area contributed by atoms with Gasteiger partial charge in [-0.25, -0.2) is 9.67 Å². The van der Waals surface area contributed by atoms with E-state index in [-0.39, 0.29) is 11.9 Å². The maximum Gasteiger partial charge on any atom is 0.224 e. The highest BCUT2D eigenvalue weighted by molar-refractivity contribution is 7.99. The predicted octanol–water partition coefficient (Wildman–Crippen LogP) is 5.48. The summed E-state index contributed by atoms with van der Waals surface area (Å²) in [4.78, 5) is 18.5. The highest BCUT2D eigenvalue weighted by Gasteiger charge is 2.16. The van der Waals surface area contributed by atoms with Crippen LogP contribution in [0.4, 0.5) is 5.69 Å². The van der Waals surface area contributed by atoms with Gasteiger partial charge in [0.15, 0.2) is 5.65 Å². The van der Waals surface area contributed by atoms with Crippen LogP contribution in [-0.4, -0.2) is 26.4 Å². The highest BCUT2D eigenvalue weighted by Crippen LogP contribution is 2.28. The van der Waals surface area contributed by atoms with E-state index < -0.39 is 0 Å². The summed E-state index contributed by atoms with van der Waals surface area (Å²) in [7, 11) is 0. The van der Waals surface area contributed by atoms with Gasteiger partial charge in [0.05, 0.1) is 11.9 Å². The van der Waals surface area contributed by atoms with Crippen molar-refractivity contribution in [3.8, 4) is 0 Å². The van der Waals surface area contributed by atoms with E-state index >= 15 is 0 Å². The molecule has 3 rings (SSSR count). The molecular weight excluding hydrogens is 380 g/mol. The van der Waals surface area contributed by atoms with Gasteiger partial charge in [0.1, 0.15) is 0 Å². The third-order valence-electron chi connectivity index (χ3n) is 4.95. The molecule has 5 nitrogen and oxygen atoms in total. The number of amides is 1. The van der Waals surface area contributed by atoms with Crippen molar-refractivity contribution in [1.29, 1.82) is 0 Å². The van der Waals surface area contributed by atoms with Gasteiger partial charge >= 0.3 is 0 Å². The van der Waals surface area contributed by atoms with Crippen molar-refractivity contribution in [2.75, 3.05) is 11.1 Å². The van der Waals surface area contributed by atoms with Crippen molar-refractivity contribution < 1.29 is 4.79 Å². The molecule has 0 radical (unpaired) electrons. The normalized spacial score (nSPS) is 11.2. The number of nitrogens with zero attached hydrogens (tertiary/aromatic N) is 3. The quantitative estimate of drug-likeness (QED) is 0.396. The molecule has 2 heterocycles. The molecule has 6 heteroatoms. The van der Waals surface area contributed by atoms with E-state index in [9.17, 15) is 4.79 Å². The summed E-state index contributed by atoms with van der Waals surface area (Å²) in [5, 5.41) is 8.60. The minimum atomic E-state index is 0.00780. The van der Waals surface area contributed by atoms with Crippen molar-refractivity contribution in [2.24, 2.45) is 0 Å². The van der Waals surface area contributed by atoms with Crippen LogP contribution in [0.2, 0.25) is 0 Å². The maximum atomic E-state index is 12.6. The Labute approximate surface area is 176 Å². The van der Waals surface area contributed by atoms with Gasteiger partial charge in [-0.1, -0.05) is 18.2 Å². The largest absolute Gasteiger partial charge is 0.325 e. The number of rotatable bonds is 8. The van der Waals surface area contributed by atoms with E-state index in [2.05, 4.69) is 37.8 Å². The molecule has 0 bridgehead atoms. The van der Waals surface area contributed by atoms with Crippen LogP contribution < -0.4 is 5.32 Å². The van der Waals surface area contributed by atoms with Gasteiger partial charge in [-0.05, 0) is 57.4 Å². The highest BCUT2D eigenvalue weighted by atomic mass is 32.2. The number of carbonyl (C=O) groups is 1. The number of nitrogens with one attached hydrogen (secondary N) is 1. The molecule has 0 aliphatic rings. The van der Waals surface area contributed by atoms with Crippen molar-refractivity contribution in [3.05, 3.63) is 59.9 Å². The van der Waals surface area contributed by atoms with Crippen LogP contribution in [-0.2, 0) is 11.2 Å². The first-order valence-corrected chi connectivity index (χ1v) is 10.9. The van der Waals surface area contributed by atoms with E-state index in [1.54, 1.807) is 11.8 Å². The summed E-state index contributed by atoms with van der Waals surface area (Å²) in [6.45, 7) is 12.1. The van der Waals surface area contributed by atoms with Crippen molar-refractivity contribution >= 4 is 34.4 Å². The molecule has 0 spiro atoms. The molecule has 1 aromatic carbocycles. The van der Waals surface area contributed by atoms with Gasteiger partial charge in [-0.15, -0.1) is 18.3 Å². The van der Waals surface area contributed by atoms with Crippen LogP contribution in [0, 0.1) is 13.8 Å². The summed E-state index contributed by atoms with van der Waals surface area (Å²) >= 11 is 1.66. The summed E-state index contributed by atoms with van der Waals surface area (Å²) in [6.07, 6.45) is 4.81. The number of pyridine rings is 1. The summed E-state index contributed by atoms with van der Waals surface area (Å²) in [5.74, 6) is 0.814. The zero-order valence-corrected chi connectivity index (χ0v) is 18.3. The third-order valence-corrected chi connectivity index (χ3v) is 6.01. The molecular formula is C23H28N4OS. The van der Waals surface area contributed by atoms with Crippen LogP contribution in [0.5, 0.6) is 0 Å². The lowest BCUT2D eigenvalue weighted by Gasteiger charge is -2.13. The Hall–Kier alpha value is -2.60. The van der Waals surface area contributed by atoms with Gasteiger partial charge in [0, 0.05) is 34.2 Å². The number of fused-ring (bicyclic) bond motifs is 1. The Morgan fingerprint density at radius 1 is 1.31 bits per heavy atom. The molecule has 1 amide bonds. The maximum absolute atomic E-state index is 12.6. The summed E-state index contributed by atoms with van der Waals surface area (Å²) in [5.41, 5.74) is 5.02. The first-order chi connectivity index (χ1) is 13.9. The molecule has 0 atom stereocenters. The molecule has 152 valence electrons. The zero-order valence-electron chi connectivity index (χ0n) is 17.5. The van der Waals surface area contributed by atoms with Crippen molar-refractivity contribution in [1.82, 2.24) is 14.8 Å². The number of aromatic nitrogens is 3. The first kappa shape index (κ1) is 21.1. The van der Waals surface area contributed by atoms with Crippen LogP contribution in [0.15, 0.2) is 48.0 Å². The average Bonchev–Trinajstić information content (AvgIpc) is 3.11. The fraction of sp³-hybridized carbons (Fsp3) is 0.348. The lowest BCUT2D eigenvalue weighted by atomic mass is 10.0. The fourth-order valence-electron chi connectivity index (χ4n) is 3.43. The number of hydrogen-bond acceptors (Lipinski definition) is 4. The molecule has 29 heavy (non-hydrogen) atoms. The molecule has 0 fully saturated rings. The molecule has 2 aromatic heterocycles. The van der Waals surface area contributed by atoms with Crippen LogP contribution >= 0.6 is 11.8 Å². The van der Waals surface area contributed by atoms with E-state index in [1.807, 2.05) is 48.1 Å². The molecule has 0 unspecified atom stereocenters. The average molecular weight is 409 g/mol. The van der Waals surface area contributed by atoms with Gasteiger partial charge in [-0.3, -0.25) is 4.79 Å². The van der Waals surface area contributed by atoms with E-state index in [0.717, 1.165) is 44.2 Å². The smallest absolute Gasteiger partial charge is 0.224 e. The number of benzene rings is 1. The van der Waals surface area contributed by atoms with Gasteiger partial charge in [0.25, 0.3) is 0 Å². The topological polar surface area (TPSA) is 59.8 Å². The van der Waals surface area contributed by atoms with Gasteiger partial charge in [0.2, 0.25) is 5.91 Å². The number of carbonyl (C=O) groups excluding carboxylic acids is 1. The second-order valence-electron chi connectivity index (χ2n) is 7.36. The molecule has 0 saturated carbocycles. The third kappa shape index (κ3) is 4.70. The molecule has 0 saturated heterocycles. The summed E-state index contributed by atoms with van der Waals surface area (Å²) < 4.78 is 1.95. The number of anilines is 1. The van der Waals surface area contributed by atoms with Crippen LogP contribution in [0.25, 0.3) is 11.0 Å². The Kier molecular flexibility index (Phi) is 6.75. The number of hydrogen-bond donors (Lipinski definition) is 1. The van der Waals surface area contributed by atoms with Crippen LogP contribution in [0.3, 0.4) is 0 Å². The van der Waals surface area contributed by atoms with Gasteiger partial charge < -0.3 is 5.32 Å². The molecule has 3 aromatic rings. The van der Waals surface area contributed by atoms with E-state index in [4.69, 9.17) is 4.98 Å². The second-order valence-corrected chi connectivity index (χ2v) is 8.43. The monoisotopic (exact) mass is 408 g/mol. The van der Waals surface area contributed by atoms with Gasteiger partial charge in [-0.2, -0.15) is 5.10 Å². The number of aryl methyl sites for hydroxylation is 2. The van der Waals surface area contributed by atoms with E-state index in [0.29, 0.717) is 12.8 Å². The Morgan fingerprint density at radius 3 is 2.79 bits per heavy atom. The first-order valence-electron chi connectivity index (χ1n) is 9.88. The lowest BCUT2D eigenvalue weighted by Crippen LogP contribution is -2.14. The van der Waals surface area contributed by atoms with Crippen molar-refractivity contribution in [3.63, 3.8) is 0 Å². The summed E-state index contributed by atoms with van der Waals surface area (Å²) in [6, 6.07) is 8.13. The van der Waals surface area contributed by atoms with Crippen molar-refractivity contribution in [2.45, 2.75) is 51.5 Å². The Balaban J connectivity index is 1.74. The number of thioether (sulfide) groups is 1. The molecule has 0 aliphatic carbocycles. The Morgan fingerprint density at radius 2 is 2.07 bits per heavy atom. The molecule has 0 aliphatic heterocycles. The van der Waals surface area contributed by atoms with Crippen LogP contribution in [0.1, 0.15) is 43.1 Å². The standard InChI is InChI=1S/C23H28N4OS/c1-6-13-29-21-10-8-7-9-20(21)26-22(28)12-11-18-16(4)19-14-24-27(15(2)3)23(19)25-17(18)5/h6-10,14-15H,1,11-13H2,2-5H3,(H,26,28). The Bertz CT molecular complexity index is 1040. The predicted molar refractivity (Wildman–Crippen MR) is 122 cm³/mol. The lowest BCUT2D eigenvalue weighted by molar-refractivity contribution is -0.116. The SMILES string of the molecule is C=CCSc1ccccc1NC(=O)CCc1c(C)nc2c(cnn2C(C)C)c1C. The minimum Gasteiger partial charge on any atom is -0.325 e. The fourth-order valence-corrected chi connectivity index (χ4v) is 4.18. The number of para-hydroxylation sites is 1. The van der Waals surface area contributed by atoms with E-state index in [1.165, 1.54) is 0 Å². The molecule has 1 N–H and O–H groups in total. The minimum absolute atomic E-state index is 0.00780.